The zero-order valence-corrected chi connectivity index (χ0v) is 9.54. The normalized spacial score (nSPS) is 27.0. The first kappa shape index (κ1) is 11.4. The molecule has 0 unspecified atom stereocenters. The third kappa shape index (κ3) is 2.92. The van der Waals surface area contributed by atoms with Crippen molar-refractivity contribution in [3.8, 4) is 0 Å². The smallest absolute Gasteiger partial charge is 0.169 e. The fourth-order valence-corrected chi connectivity index (χ4v) is 2.91. The van der Waals surface area contributed by atoms with E-state index < -0.39 is 0 Å². The monoisotopic (exact) mass is 213 g/mol. The van der Waals surface area contributed by atoms with Gasteiger partial charge in [0.25, 0.3) is 0 Å². The highest BCUT2D eigenvalue weighted by Gasteiger charge is 2.38. The summed E-state index contributed by atoms with van der Waals surface area (Å²) < 4.78 is 11.6. The molecule has 1 saturated heterocycles. The average molecular weight is 213 g/mol. The van der Waals surface area contributed by atoms with Gasteiger partial charge in [0.15, 0.2) is 5.79 Å². The molecule has 1 heterocycles. The highest BCUT2D eigenvalue weighted by molar-refractivity contribution is 4.80. The molecule has 1 saturated carbocycles. The van der Waals surface area contributed by atoms with Gasteiger partial charge in [0.05, 0.1) is 13.2 Å². The zero-order valence-electron chi connectivity index (χ0n) is 9.54. The van der Waals surface area contributed by atoms with Gasteiger partial charge in [0, 0.05) is 12.8 Å². The van der Waals surface area contributed by atoms with Gasteiger partial charge >= 0.3 is 0 Å². The number of ether oxygens (including phenoxy) is 2. The minimum atomic E-state index is -0.323. The predicted molar refractivity (Wildman–Crippen MR) is 59.5 cm³/mol. The molecular formula is C12H23NO2. The Labute approximate surface area is 92.3 Å². The van der Waals surface area contributed by atoms with Crippen molar-refractivity contribution in [2.45, 2.75) is 50.7 Å². The molecule has 1 aliphatic heterocycles. The van der Waals surface area contributed by atoms with Gasteiger partial charge in [-0.25, -0.2) is 0 Å². The number of nitrogens with two attached hydrogens (primary N) is 1. The van der Waals surface area contributed by atoms with Gasteiger partial charge in [-0.3, -0.25) is 0 Å². The van der Waals surface area contributed by atoms with Crippen molar-refractivity contribution in [3.05, 3.63) is 0 Å². The van der Waals surface area contributed by atoms with Crippen molar-refractivity contribution in [1.82, 2.24) is 0 Å². The molecule has 0 aromatic carbocycles. The van der Waals surface area contributed by atoms with Crippen LogP contribution in [0.25, 0.3) is 0 Å². The molecule has 0 radical (unpaired) electrons. The van der Waals surface area contributed by atoms with Crippen molar-refractivity contribution >= 4 is 0 Å². The Morgan fingerprint density at radius 2 is 1.73 bits per heavy atom. The Kier molecular flexibility index (Phi) is 4.00. The Balaban J connectivity index is 1.87. The number of hydrogen-bond acceptors (Lipinski definition) is 3. The summed E-state index contributed by atoms with van der Waals surface area (Å²) in [5, 5.41) is 0. The van der Waals surface area contributed by atoms with Gasteiger partial charge in [0.1, 0.15) is 0 Å². The second kappa shape index (κ2) is 5.28. The topological polar surface area (TPSA) is 44.5 Å². The second-order valence-electron chi connectivity index (χ2n) is 4.85. The maximum atomic E-state index is 5.78. The van der Waals surface area contributed by atoms with E-state index >= 15 is 0 Å². The molecule has 0 aromatic rings. The molecule has 2 rings (SSSR count). The van der Waals surface area contributed by atoms with Crippen LogP contribution in [0, 0.1) is 5.92 Å². The van der Waals surface area contributed by atoms with Crippen LogP contribution in [0.3, 0.4) is 0 Å². The Bertz CT molecular complexity index is 184. The van der Waals surface area contributed by atoms with Gasteiger partial charge in [-0.05, 0) is 12.5 Å². The molecular weight excluding hydrogens is 190 g/mol. The zero-order chi connectivity index (χ0) is 10.6. The van der Waals surface area contributed by atoms with Crippen molar-refractivity contribution in [2.24, 2.45) is 11.7 Å². The highest BCUT2D eigenvalue weighted by Crippen LogP contribution is 2.36. The third-order valence-corrected chi connectivity index (χ3v) is 3.66. The summed E-state index contributed by atoms with van der Waals surface area (Å²) in [6.07, 6.45) is 8.76. The van der Waals surface area contributed by atoms with Gasteiger partial charge in [-0.2, -0.15) is 0 Å². The van der Waals surface area contributed by atoms with E-state index in [0.29, 0.717) is 6.54 Å². The molecule has 88 valence electrons. The van der Waals surface area contributed by atoms with Crippen LogP contribution in [-0.2, 0) is 9.47 Å². The van der Waals surface area contributed by atoms with Crippen LogP contribution < -0.4 is 5.73 Å². The summed E-state index contributed by atoms with van der Waals surface area (Å²) in [5.41, 5.74) is 5.64. The van der Waals surface area contributed by atoms with Crippen LogP contribution >= 0.6 is 0 Å². The van der Waals surface area contributed by atoms with E-state index in [1.807, 2.05) is 0 Å². The van der Waals surface area contributed by atoms with E-state index in [9.17, 15) is 0 Å². The van der Waals surface area contributed by atoms with E-state index in [4.69, 9.17) is 15.2 Å². The molecule has 0 bridgehead atoms. The molecule has 0 aromatic heterocycles. The first-order valence-corrected chi connectivity index (χ1v) is 6.33. The maximum Gasteiger partial charge on any atom is 0.169 e. The molecule has 0 atom stereocenters. The molecule has 0 spiro atoms. The van der Waals surface area contributed by atoms with Gasteiger partial charge < -0.3 is 15.2 Å². The molecule has 2 N–H and O–H groups in total. The molecule has 3 heteroatoms. The van der Waals surface area contributed by atoms with Crippen LogP contribution in [0.4, 0.5) is 0 Å². The van der Waals surface area contributed by atoms with Crippen molar-refractivity contribution in [2.75, 3.05) is 19.8 Å². The predicted octanol–water partition coefficient (Wildman–Crippen LogP) is 2.05. The summed E-state index contributed by atoms with van der Waals surface area (Å²) in [6, 6.07) is 0. The molecule has 3 nitrogen and oxygen atoms in total. The van der Waals surface area contributed by atoms with Crippen LogP contribution in [-0.4, -0.2) is 25.5 Å². The van der Waals surface area contributed by atoms with Crippen LogP contribution in [0.5, 0.6) is 0 Å². The first-order chi connectivity index (χ1) is 7.35. The molecule has 2 aliphatic rings. The van der Waals surface area contributed by atoms with E-state index in [2.05, 4.69) is 0 Å². The Morgan fingerprint density at radius 1 is 1.07 bits per heavy atom. The lowest BCUT2D eigenvalue weighted by Gasteiger charge is -2.32. The number of rotatable bonds is 4. The van der Waals surface area contributed by atoms with Gasteiger partial charge in [-0.15, -0.1) is 0 Å². The van der Waals surface area contributed by atoms with Gasteiger partial charge in [-0.1, -0.05) is 32.1 Å². The first-order valence-electron chi connectivity index (χ1n) is 6.33. The van der Waals surface area contributed by atoms with E-state index in [1.165, 1.54) is 32.1 Å². The lowest BCUT2D eigenvalue weighted by Crippen LogP contribution is -2.35. The van der Waals surface area contributed by atoms with Crippen molar-refractivity contribution in [1.29, 1.82) is 0 Å². The summed E-state index contributed by atoms with van der Waals surface area (Å²) in [7, 11) is 0. The highest BCUT2D eigenvalue weighted by atomic mass is 16.7. The standard InChI is InChI=1S/C12H23NO2/c13-7-6-12(14-8-9-15-12)10-11-4-2-1-3-5-11/h11H,1-10,13H2. The minimum Gasteiger partial charge on any atom is -0.347 e. The molecule has 15 heavy (non-hydrogen) atoms. The third-order valence-electron chi connectivity index (χ3n) is 3.66. The van der Waals surface area contributed by atoms with Crippen LogP contribution in [0.2, 0.25) is 0 Å². The lowest BCUT2D eigenvalue weighted by atomic mass is 9.83. The molecule has 0 amide bonds. The molecule has 2 fully saturated rings. The maximum absolute atomic E-state index is 5.78. The Hall–Kier alpha value is -0.120. The fourth-order valence-electron chi connectivity index (χ4n) is 2.91. The van der Waals surface area contributed by atoms with Gasteiger partial charge in [0.2, 0.25) is 0 Å². The van der Waals surface area contributed by atoms with E-state index in [0.717, 1.165) is 32.0 Å². The van der Waals surface area contributed by atoms with Crippen LogP contribution in [0.1, 0.15) is 44.9 Å². The summed E-state index contributed by atoms with van der Waals surface area (Å²) >= 11 is 0. The summed E-state index contributed by atoms with van der Waals surface area (Å²) in [5.74, 6) is 0.472. The van der Waals surface area contributed by atoms with E-state index in [-0.39, 0.29) is 5.79 Å². The second-order valence-corrected chi connectivity index (χ2v) is 4.85. The lowest BCUT2D eigenvalue weighted by molar-refractivity contribution is -0.174. The Morgan fingerprint density at radius 3 is 2.33 bits per heavy atom. The average Bonchev–Trinajstić information content (AvgIpc) is 2.69. The minimum absolute atomic E-state index is 0.323. The fraction of sp³-hybridized carbons (Fsp3) is 1.00. The van der Waals surface area contributed by atoms with Crippen LogP contribution in [0.15, 0.2) is 0 Å². The summed E-state index contributed by atoms with van der Waals surface area (Å²) in [6.45, 7) is 2.14. The van der Waals surface area contributed by atoms with E-state index in [1.54, 1.807) is 0 Å². The van der Waals surface area contributed by atoms with Crippen molar-refractivity contribution < 1.29 is 9.47 Å². The quantitative estimate of drug-likeness (QED) is 0.777. The number of hydrogen-bond donors (Lipinski definition) is 1. The SMILES string of the molecule is NCCC1(CC2CCCCC2)OCCO1. The van der Waals surface area contributed by atoms with Crippen molar-refractivity contribution in [3.63, 3.8) is 0 Å². The largest absolute Gasteiger partial charge is 0.347 e. The summed E-state index contributed by atoms with van der Waals surface area (Å²) in [4.78, 5) is 0. The molecule has 1 aliphatic carbocycles.